The van der Waals surface area contributed by atoms with Crippen molar-refractivity contribution < 1.29 is 12.8 Å². The smallest absolute Gasteiger partial charge is 0.264 e. The van der Waals surface area contributed by atoms with Crippen LogP contribution in [0.5, 0.6) is 0 Å². The first-order valence-electron chi connectivity index (χ1n) is 6.57. The van der Waals surface area contributed by atoms with Gasteiger partial charge in [-0.15, -0.1) is 0 Å². The lowest BCUT2D eigenvalue weighted by Gasteiger charge is -2.21. The second kappa shape index (κ2) is 4.73. The third-order valence-corrected chi connectivity index (χ3v) is 5.75. The van der Waals surface area contributed by atoms with Crippen LogP contribution in [0.3, 0.4) is 0 Å². The van der Waals surface area contributed by atoms with E-state index in [4.69, 9.17) is 5.73 Å². The quantitative estimate of drug-likeness (QED) is 0.867. The minimum atomic E-state index is -3.74. The summed E-state index contributed by atoms with van der Waals surface area (Å²) in [6, 6.07) is 9.04. The second-order valence-corrected chi connectivity index (χ2v) is 6.90. The van der Waals surface area contributed by atoms with Crippen molar-refractivity contribution in [3.8, 4) is 0 Å². The molecule has 0 fully saturated rings. The standard InChI is InChI=1S/C15H15FN2O2S/c1-10-13(17)3-2-4-15(10)21(19,20)18-8-7-11-5-6-12(16)9-14(11)18/h2-6,9H,7-8,17H2,1H3. The summed E-state index contributed by atoms with van der Waals surface area (Å²) in [7, 11) is -3.74. The summed E-state index contributed by atoms with van der Waals surface area (Å²) >= 11 is 0. The van der Waals surface area contributed by atoms with Gasteiger partial charge in [0, 0.05) is 12.2 Å². The molecule has 0 aromatic heterocycles. The molecule has 1 aliphatic rings. The Bertz CT molecular complexity index is 818. The molecular formula is C15H15FN2O2S. The first-order chi connectivity index (χ1) is 9.91. The Morgan fingerprint density at radius 1 is 1.24 bits per heavy atom. The number of nitrogens with zero attached hydrogens (tertiary/aromatic N) is 1. The molecule has 0 saturated carbocycles. The van der Waals surface area contributed by atoms with Crippen molar-refractivity contribution in [2.24, 2.45) is 0 Å². The number of sulfonamides is 1. The van der Waals surface area contributed by atoms with E-state index < -0.39 is 15.8 Å². The lowest BCUT2D eigenvalue weighted by molar-refractivity contribution is 0.591. The highest BCUT2D eigenvalue weighted by Gasteiger charge is 2.32. The molecule has 0 spiro atoms. The maximum atomic E-state index is 13.4. The van der Waals surface area contributed by atoms with Crippen molar-refractivity contribution in [3.05, 3.63) is 53.3 Å². The van der Waals surface area contributed by atoms with Gasteiger partial charge in [-0.2, -0.15) is 0 Å². The van der Waals surface area contributed by atoms with E-state index >= 15 is 0 Å². The third kappa shape index (κ3) is 2.15. The minimum Gasteiger partial charge on any atom is -0.398 e. The van der Waals surface area contributed by atoms with Gasteiger partial charge in [-0.1, -0.05) is 12.1 Å². The zero-order chi connectivity index (χ0) is 15.2. The summed E-state index contributed by atoms with van der Waals surface area (Å²) in [5.41, 5.74) is 7.98. The Morgan fingerprint density at radius 3 is 2.76 bits per heavy atom. The summed E-state index contributed by atoms with van der Waals surface area (Å²) in [5, 5.41) is 0. The van der Waals surface area contributed by atoms with Crippen LogP contribution in [0, 0.1) is 12.7 Å². The maximum Gasteiger partial charge on any atom is 0.264 e. The Labute approximate surface area is 123 Å². The van der Waals surface area contributed by atoms with Crippen molar-refractivity contribution in [3.63, 3.8) is 0 Å². The predicted molar refractivity (Wildman–Crippen MR) is 80.2 cm³/mol. The predicted octanol–water partition coefficient (Wildman–Crippen LogP) is 2.47. The van der Waals surface area contributed by atoms with E-state index in [0.29, 0.717) is 29.9 Å². The Hall–Kier alpha value is -2.08. The van der Waals surface area contributed by atoms with Gasteiger partial charge in [0.2, 0.25) is 0 Å². The van der Waals surface area contributed by atoms with Crippen molar-refractivity contribution in [1.82, 2.24) is 0 Å². The molecule has 2 N–H and O–H groups in total. The Morgan fingerprint density at radius 2 is 2.00 bits per heavy atom. The number of anilines is 2. The van der Waals surface area contributed by atoms with E-state index in [2.05, 4.69) is 0 Å². The van der Waals surface area contributed by atoms with Crippen LogP contribution in [0.15, 0.2) is 41.3 Å². The highest BCUT2D eigenvalue weighted by Crippen LogP contribution is 2.34. The van der Waals surface area contributed by atoms with Crippen LogP contribution in [-0.2, 0) is 16.4 Å². The number of hydrogen-bond donors (Lipinski definition) is 1. The molecule has 0 atom stereocenters. The summed E-state index contributed by atoms with van der Waals surface area (Å²) in [5.74, 6) is -0.444. The second-order valence-electron chi connectivity index (χ2n) is 5.07. The highest BCUT2D eigenvalue weighted by molar-refractivity contribution is 7.93. The summed E-state index contributed by atoms with van der Waals surface area (Å²) < 4.78 is 40.3. The molecule has 110 valence electrons. The summed E-state index contributed by atoms with van der Waals surface area (Å²) in [6.45, 7) is 1.99. The lowest BCUT2D eigenvalue weighted by Crippen LogP contribution is -2.29. The number of fused-ring (bicyclic) bond motifs is 1. The van der Waals surface area contributed by atoms with Gasteiger partial charge in [-0.25, -0.2) is 12.8 Å². The first-order valence-corrected chi connectivity index (χ1v) is 8.01. The molecule has 21 heavy (non-hydrogen) atoms. The minimum absolute atomic E-state index is 0.166. The van der Waals surface area contributed by atoms with Crippen molar-refractivity contribution in [2.75, 3.05) is 16.6 Å². The zero-order valence-electron chi connectivity index (χ0n) is 11.5. The molecule has 0 radical (unpaired) electrons. The molecule has 6 heteroatoms. The van der Waals surface area contributed by atoms with Gasteiger partial charge < -0.3 is 5.73 Å². The molecule has 2 aromatic rings. The van der Waals surface area contributed by atoms with Gasteiger partial charge in [0.15, 0.2) is 0 Å². The van der Waals surface area contributed by atoms with Crippen LogP contribution in [-0.4, -0.2) is 15.0 Å². The SMILES string of the molecule is Cc1c(N)cccc1S(=O)(=O)N1CCc2ccc(F)cc21. The maximum absolute atomic E-state index is 13.4. The number of hydrogen-bond acceptors (Lipinski definition) is 3. The number of benzene rings is 2. The van der Waals surface area contributed by atoms with Gasteiger partial charge in [0.25, 0.3) is 10.0 Å². The molecule has 0 bridgehead atoms. The van der Waals surface area contributed by atoms with Crippen molar-refractivity contribution in [1.29, 1.82) is 0 Å². The molecule has 0 unspecified atom stereocenters. The van der Waals surface area contributed by atoms with Crippen LogP contribution in [0.1, 0.15) is 11.1 Å². The Balaban J connectivity index is 2.14. The van der Waals surface area contributed by atoms with E-state index in [1.165, 1.54) is 22.5 Å². The van der Waals surface area contributed by atoms with Crippen LogP contribution < -0.4 is 10.0 Å². The zero-order valence-corrected chi connectivity index (χ0v) is 12.3. The highest BCUT2D eigenvalue weighted by atomic mass is 32.2. The van der Waals surface area contributed by atoms with E-state index in [1.54, 1.807) is 25.1 Å². The van der Waals surface area contributed by atoms with Gasteiger partial charge in [-0.3, -0.25) is 4.31 Å². The van der Waals surface area contributed by atoms with Crippen LogP contribution >= 0.6 is 0 Å². The van der Waals surface area contributed by atoms with E-state index in [0.717, 1.165) is 5.56 Å². The largest absolute Gasteiger partial charge is 0.398 e. The molecule has 1 aliphatic heterocycles. The van der Waals surface area contributed by atoms with Crippen LogP contribution in [0.4, 0.5) is 15.8 Å². The van der Waals surface area contributed by atoms with Gasteiger partial charge in [-0.05, 0) is 48.7 Å². The Kier molecular flexibility index (Phi) is 3.13. The van der Waals surface area contributed by atoms with E-state index in [9.17, 15) is 12.8 Å². The molecule has 4 nitrogen and oxygen atoms in total. The summed E-state index contributed by atoms with van der Waals surface area (Å²) in [6.07, 6.45) is 0.580. The van der Waals surface area contributed by atoms with Crippen molar-refractivity contribution in [2.45, 2.75) is 18.2 Å². The first kappa shape index (κ1) is 13.9. The molecule has 0 amide bonds. The molecule has 0 aliphatic carbocycles. The average Bonchev–Trinajstić information content (AvgIpc) is 2.85. The van der Waals surface area contributed by atoms with Crippen molar-refractivity contribution >= 4 is 21.4 Å². The molecule has 1 heterocycles. The average molecular weight is 306 g/mol. The number of rotatable bonds is 2. The van der Waals surface area contributed by atoms with Gasteiger partial charge >= 0.3 is 0 Å². The molecule has 3 rings (SSSR count). The third-order valence-electron chi connectivity index (χ3n) is 3.79. The van der Waals surface area contributed by atoms with Crippen LogP contribution in [0.25, 0.3) is 0 Å². The topological polar surface area (TPSA) is 63.4 Å². The molecular weight excluding hydrogens is 291 g/mol. The number of nitrogen functional groups attached to an aromatic ring is 1. The summed E-state index contributed by atoms with van der Waals surface area (Å²) in [4.78, 5) is 0.166. The molecule has 0 saturated heterocycles. The monoisotopic (exact) mass is 306 g/mol. The lowest BCUT2D eigenvalue weighted by atomic mass is 10.2. The molecule has 2 aromatic carbocycles. The number of nitrogens with two attached hydrogens (primary N) is 1. The fraction of sp³-hybridized carbons (Fsp3) is 0.200. The normalized spacial score (nSPS) is 14.3. The van der Waals surface area contributed by atoms with E-state index in [1.807, 2.05) is 0 Å². The number of halogens is 1. The van der Waals surface area contributed by atoms with Gasteiger partial charge in [0.1, 0.15) is 5.82 Å². The van der Waals surface area contributed by atoms with Crippen LogP contribution in [0.2, 0.25) is 0 Å². The fourth-order valence-corrected chi connectivity index (χ4v) is 4.36. The fourth-order valence-electron chi connectivity index (χ4n) is 2.60. The van der Waals surface area contributed by atoms with Gasteiger partial charge in [0.05, 0.1) is 10.6 Å². The van der Waals surface area contributed by atoms with E-state index in [-0.39, 0.29) is 4.90 Å².